The smallest absolute Gasteiger partial charge is 0.334 e. The molecule has 0 spiro atoms. The number of ether oxygens (including phenoxy) is 3. The standard InChI is InChI=1S/C18H23NO6/c1-11(2)16(18(22)24-4)14(17(21)23-3)9-12-5-7-13(8-6-12)25-10-15(19)20/h5-8,11H,9-10H2,1-4H3,(H2,19,20)/b16-14-. The number of hydrogen-bond acceptors (Lipinski definition) is 6. The van der Waals surface area contributed by atoms with Crippen LogP contribution < -0.4 is 10.5 Å². The average Bonchev–Trinajstić information content (AvgIpc) is 2.59. The molecule has 0 atom stereocenters. The van der Waals surface area contributed by atoms with E-state index < -0.39 is 17.8 Å². The van der Waals surface area contributed by atoms with E-state index in [2.05, 4.69) is 0 Å². The zero-order valence-electron chi connectivity index (χ0n) is 14.8. The molecule has 0 bridgehead atoms. The molecule has 0 aliphatic carbocycles. The molecule has 0 saturated carbocycles. The number of methoxy groups -OCH3 is 2. The molecule has 7 heteroatoms. The highest BCUT2D eigenvalue weighted by molar-refractivity contribution is 6.00. The van der Waals surface area contributed by atoms with Crippen LogP contribution in [-0.2, 0) is 30.3 Å². The summed E-state index contributed by atoms with van der Waals surface area (Å²) < 4.78 is 14.8. The number of amides is 1. The van der Waals surface area contributed by atoms with Gasteiger partial charge in [0, 0.05) is 6.42 Å². The van der Waals surface area contributed by atoms with Gasteiger partial charge in [-0.25, -0.2) is 9.59 Å². The van der Waals surface area contributed by atoms with Crippen molar-refractivity contribution in [2.75, 3.05) is 20.8 Å². The summed E-state index contributed by atoms with van der Waals surface area (Å²) in [6, 6.07) is 6.77. The van der Waals surface area contributed by atoms with Crippen LogP contribution in [0.4, 0.5) is 0 Å². The summed E-state index contributed by atoms with van der Waals surface area (Å²) in [6.07, 6.45) is 0.200. The maximum atomic E-state index is 12.2. The van der Waals surface area contributed by atoms with Crippen molar-refractivity contribution in [1.82, 2.24) is 0 Å². The third-order valence-corrected chi connectivity index (χ3v) is 3.42. The molecule has 1 aromatic rings. The Hall–Kier alpha value is -2.83. The van der Waals surface area contributed by atoms with Gasteiger partial charge in [-0.1, -0.05) is 26.0 Å². The number of rotatable bonds is 8. The van der Waals surface area contributed by atoms with Crippen molar-refractivity contribution in [3.05, 3.63) is 41.0 Å². The van der Waals surface area contributed by atoms with Crippen LogP contribution >= 0.6 is 0 Å². The lowest BCUT2D eigenvalue weighted by molar-refractivity contribution is -0.139. The molecule has 1 rings (SSSR count). The Morgan fingerprint density at radius 3 is 2.00 bits per heavy atom. The molecule has 1 aromatic carbocycles. The second-order valence-electron chi connectivity index (χ2n) is 5.61. The van der Waals surface area contributed by atoms with Crippen LogP contribution in [0.15, 0.2) is 35.4 Å². The molecule has 0 fully saturated rings. The minimum Gasteiger partial charge on any atom is -0.484 e. The van der Waals surface area contributed by atoms with Gasteiger partial charge in [-0.05, 0) is 23.6 Å². The number of carbonyl (C=O) groups is 3. The second-order valence-corrected chi connectivity index (χ2v) is 5.61. The first kappa shape index (κ1) is 20.2. The Morgan fingerprint density at radius 2 is 1.56 bits per heavy atom. The van der Waals surface area contributed by atoms with E-state index in [-0.39, 0.29) is 30.1 Å². The summed E-state index contributed by atoms with van der Waals surface area (Å²) in [4.78, 5) is 34.9. The first-order valence-electron chi connectivity index (χ1n) is 7.69. The van der Waals surface area contributed by atoms with Crippen LogP contribution in [-0.4, -0.2) is 38.7 Å². The van der Waals surface area contributed by atoms with Crippen LogP contribution in [0.5, 0.6) is 5.75 Å². The van der Waals surface area contributed by atoms with Crippen molar-refractivity contribution in [3.8, 4) is 5.75 Å². The van der Waals surface area contributed by atoms with Crippen LogP contribution in [0, 0.1) is 5.92 Å². The summed E-state index contributed by atoms with van der Waals surface area (Å²) in [6.45, 7) is 3.39. The quantitative estimate of drug-likeness (QED) is 0.562. The van der Waals surface area contributed by atoms with Crippen molar-refractivity contribution in [1.29, 1.82) is 0 Å². The van der Waals surface area contributed by atoms with Gasteiger partial charge in [-0.15, -0.1) is 0 Å². The summed E-state index contributed by atoms with van der Waals surface area (Å²) in [5.41, 5.74) is 6.32. The van der Waals surface area contributed by atoms with E-state index in [1.165, 1.54) is 14.2 Å². The predicted molar refractivity (Wildman–Crippen MR) is 90.7 cm³/mol. The van der Waals surface area contributed by atoms with Crippen molar-refractivity contribution in [3.63, 3.8) is 0 Å². The van der Waals surface area contributed by atoms with Gasteiger partial charge >= 0.3 is 11.9 Å². The molecule has 2 N–H and O–H groups in total. The predicted octanol–water partition coefficient (Wildman–Crippen LogP) is 1.39. The van der Waals surface area contributed by atoms with E-state index in [9.17, 15) is 14.4 Å². The minimum atomic E-state index is -0.580. The van der Waals surface area contributed by atoms with Gasteiger partial charge in [-0.2, -0.15) is 0 Å². The molecule has 136 valence electrons. The van der Waals surface area contributed by atoms with Crippen LogP contribution in [0.25, 0.3) is 0 Å². The van der Waals surface area contributed by atoms with E-state index >= 15 is 0 Å². The largest absolute Gasteiger partial charge is 0.484 e. The fourth-order valence-electron chi connectivity index (χ4n) is 2.28. The Labute approximate surface area is 146 Å². The molecular weight excluding hydrogens is 326 g/mol. The summed E-state index contributed by atoms with van der Waals surface area (Å²) in [7, 11) is 2.53. The number of nitrogens with two attached hydrogens (primary N) is 1. The fourth-order valence-corrected chi connectivity index (χ4v) is 2.28. The van der Waals surface area contributed by atoms with E-state index in [0.29, 0.717) is 5.75 Å². The Balaban J connectivity index is 3.12. The van der Waals surface area contributed by atoms with Crippen molar-refractivity contribution in [2.24, 2.45) is 11.7 Å². The lowest BCUT2D eigenvalue weighted by Gasteiger charge is -2.15. The van der Waals surface area contributed by atoms with Crippen molar-refractivity contribution < 1.29 is 28.6 Å². The maximum Gasteiger partial charge on any atom is 0.334 e. The number of primary amides is 1. The Bertz CT molecular complexity index is 661. The summed E-state index contributed by atoms with van der Waals surface area (Å²) in [5.74, 6) is -1.44. The first-order valence-corrected chi connectivity index (χ1v) is 7.69. The van der Waals surface area contributed by atoms with Gasteiger partial charge in [0.15, 0.2) is 6.61 Å². The molecule has 0 aliphatic rings. The number of benzene rings is 1. The molecule has 0 saturated heterocycles. The van der Waals surface area contributed by atoms with Gasteiger partial charge in [0.05, 0.1) is 25.4 Å². The Morgan fingerprint density at radius 1 is 1.00 bits per heavy atom. The van der Waals surface area contributed by atoms with Crippen LogP contribution in [0.2, 0.25) is 0 Å². The molecular formula is C18H23NO6. The topological polar surface area (TPSA) is 105 Å². The third-order valence-electron chi connectivity index (χ3n) is 3.42. The van der Waals surface area contributed by atoms with Crippen LogP contribution in [0.1, 0.15) is 19.4 Å². The van der Waals surface area contributed by atoms with Crippen LogP contribution in [0.3, 0.4) is 0 Å². The van der Waals surface area contributed by atoms with Gasteiger partial charge in [-0.3, -0.25) is 4.79 Å². The lowest BCUT2D eigenvalue weighted by atomic mass is 9.93. The van der Waals surface area contributed by atoms with Gasteiger partial charge < -0.3 is 19.9 Å². The van der Waals surface area contributed by atoms with E-state index in [1.807, 2.05) is 0 Å². The molecule has 0 heterocycles. The number of hydrogen-bond donors (Lipinski definition) is 1. The van der Waals surface area contributed by atoms with Crippen molar-refractivity contribution in [2.45, 2.75) is 20.3 Å². The van der Waals surface area contributed by atoms with E-state index in [1.54, 1.807) is 38.1 Å². The van der Waals surface area contributed by atoms with E-state index in [0.717, 1.165) is 5.56 Å². The minimum absolute atomic E-state index is 0.200. The summed E-state index contributed by atoms with van der Waals surface area (Å²) >= 11 is 0. The maximum absolute atomic E-state index is 12.2. The normalized spacial score (nSPS) is 11.6. The molecule has 0 unspecified atom stereocenters. The number of carbonyl (C=O) groups excluding carboxylic acids is 3. The first-order chi connectivity index (χ1) is 11.8. The molecule has 0 aromatic heterocycles. The molecule has 25 heavy (non-hydrogen) atoms. The Kier molecular flexibility index (Phi) is 7.65. The summed E-state index contributed by atoms with van der Waals surface area (Å²) in [5, 5.41) is 0. The highest BCUT2D eigenvalue weighted by atomic mass is 16.5. The lowest BCUT2D eigenvalue weighted by Crippen LogP contribution is -2.20. The second kappa shape index (κ2) is 9.46. The molecule has 7 nitrogen and oxygen atoms in total. The SMILES string of the molecule is COC(=O)/C(Cc1ccc(OCC(N)=O)cc1)=C(\C(=O)OC)C(C)C. The van der Waals surface area contributed by atoms with Gasteiger partial charge in [0.25, 0.3) is 5.91 Å². The highest BCUT2D eigenvalue weighted by Crippen LogP contribution is 2.23. The monoisotopic (exact) mass is 349 g/mol. The molecule has 0 aliphatic heterocycles. The van der Waals surface area contributed by atoms with Gasteiger partial charge in [0.2, 0.25) is 0 Å². The fraction of sp³-hybridized carbons (Fsp3) is 0.389. The molecule has 0 radical (unpaired) electrons. The zero-order chi connectivity index (χ0) is 19.0. The average molecular weight is 349 g/mol. The van der Waals surface area contributed by atoms with Gasteiger partial charge in [0.1, 0.15) is 5.75 Å². The van der Waals surface area contributed by atoms with Crippen molar-refractivity contribution >= 4 is 17.8 Å². The third kappa shape index (κ3) is 5.95. The molecule has 1 amide bonds. The van der Waals surface area contributed by atoms with E-state index in [4.69, 9.17) is 19.9 Å². The highest BCUT2D eigenvalue weighted by Gasteiger charge is 2.25. The zero-order valence-corrected chi connectivity index (χ0v) is 14.8. The number of esters is 2.